The maximum absolute atomic E-state index is 12.8. The predicted octanol–water partition coefficient (Wildman–Crippen LogP) is 4.28. The smallest absolute Gasteiger partial charge is 0.225 e. The lowest BCUT2D eigenvalue weighted by molar-refractivity contribution is -0.116. The van der Waals surface area contributed by atoms with E-state index >= 15 is 0 Å². The van der Waals surface area contributed by atoms with E-state index in [1.165, 1.54) is 18.3 Å². The SMILES string of the molecule is CCN(C(C)=O)c1nc(C=C2CCSc3ccccc3C2=O)cs1. The average Bonchev–Trinajstić information content (AvgIpc) is 2.95. The van der Waals surface area contributed by atoms with Gasteiger partial charge < -0.3 is 0 Å². The van der Waals surface area contributed by atoms with Crippen LogP contribution in [-0.2, 0) is 4.79 Å². The number of rotatable bonds is 3. The van der Waals surface area contributed by atoms with Crippen molar-refractivity contribution in [2.75, 3.05) is 17.2 Å². The first-order valence-corrected chi connectivity index (χ1v) is 9.67. The van der Waals surface area contributed by atoms with Crippen molar-refractivity contribution in [3.05, 3.63) is 46.5 Å². The first kappa shape index (κ1) is 16.9. The van der Waals surface area contributed by atoms with E-state index in [4.69, 9.17) is 0 Å². The molecule has 0 aliphatic carbocycles. The number of ketones is 1. The Balaban J connectivity index is 1.90. The molecule has 4 nitrogen and oxygen atoms in total. The van der Waals surface area contributed by atoms with Crippen molar-refractivity contribution in [2.24, 2.45) is 0 Å². The fourth-order valence-electron chi connectivity index (χ4n) is 2.61. The first-order chi connectivity index (χ1) is 11.6. The van der Waals surface area contributed by atoms with E-state index in [1.807, 2.05) is 42.6 Å². The summed E-state index contributed by atoms with van der Waals surface area (Å²) >= 11 is 3.14. The summed E-state index contributed by atoms with van der Waals surface area (Å²) in [5.74, 6) is 0.922. The van der Waals surface area contributed by atoms with Crippen molar-refractivity contribution in [2.45, 2.75) is 25.2 Å². The number of amides is 1. The number of hydrogen-bond donors (Lipinski definition) is 0. The summed E-state index contributed by atoms with van der Waals surface area (Å²) < 4.78 is 0. The molecule has 1 aliphatic heterocycles. The van der Waals surface area contributed by atoms with Gasteiger partial charge in [0, 0.05) is 40.6 Å². The van der Waals surface area contributed by atoms with E-state index in [0.29, 0.717) is 11.7 Å². The second kappa shape index (κ2) is 7.32. The molecule has 2 heterocycles. The van der Waals surface area contributed by atoms with Gasteiger partial charge in [-0.05, 0) is 31.6 Å². The Morgan fingerprint density at radius 1 is 1.38 bits per heavy atom. The van der Waals surface area contributed by atoms with Crippen LogP contribution in [0, 0.1) is 0 Å². The fraction of sp³-hybridized carbons (Fsp3) is 0.278. The van der Waals surface area contributed by atoms with Crippen molar-refractivity contribution in [3.63, 3.8) is 0 Å². The summed E-state index contributed by atoms with van der Waals surface area (Å²) in [5.41, 5.74) is 2.28. The number of aromatic nitrogens is 1. The molecule has 0 unspecified atom stereocenters. The maximum Gasteiger partial charge on any atom is 0.225 e. The van der Waals surface area contributed by atoms with Crippen LogP contribution < -0.4 is 4.90 Å². The van der Waals surface area contributed by atoms with Gasteiger partial charge in [-0.3, -0.25) is 14.5 Å². The van der Waals surface area contributed by atoms with Crippen LogP contribution in [0.5, 0.6) is 0 Å². The third-order valence-electron chi connectivity index (χ3n) is 3.81. The summed E-state index contributed by atoms with van der Waals surface area (Å²) in [5, 5.41) is 2.57. The lowest BCUT2D eigenvalue weighted by atomic mass is 10.0. The third-order valence-corrected chi connectivity index (χ3v) is 5.77. The number of Topliss-reactive ketones (excluding diaryl/α,β-unsaturated/α-hetero) is 1. The van der Waals surface area contributed by atoms with Crippen LogP contribution in [0.4, 0.5) is 5.13 Å². The minimum atomic E-state index is -0.0260. The average molecular weight is 358 g/mol. The number of thiazole rings is 1. The summed E-state index contributed by atoms with van der Waals surface area (Å²) in [4.78, 5) is 31.6. The molecular formula is C18H18N2O2S2. The number of benzene rings is 1. The highest BCUT2D eigenvalue weighted by Gasteiger charge is 2.20. The lowest BCUT2D eigenvalue weighted by Gasteiger charge is -2.14. The van der Waals surface area contributed by atoms with Gasteiger partial charge in [0.2, 0.25) is 5.91 Å². The molecule has 6 heteroatoms. The van der Waals surface area contributed by atoms with Crippen LogP contribution in [0.25, 0.3) is 6.08 Å². The Morgan fingerprint density at radius 2 is 2.17 bits per heavy atom. The van der Waals surface area contributed by atoms with Gasteiger partial charge in [0.15, 0.2) is 10.9 Å². The highest BCUT2D eigenvalue weighted by Crippen LogP contribution is 2.32. The Labute approximate surface area is 149 Å². The molecule has 0 spiro atoms. The van der Waals surface area contributed by atoms with Crippen LogP contribution in [0.1, 0.15) is 36.3 Å². The first-order valence-electron chi connectivity index (χ1n) is 7.81. The van der Waals surface area contributed by atoms with Crippen molar-refractivity contribution < 1.29 is 9.59 Å². The van der Waals surface area contributed by atoms with E-state index in [-0.39, 0.29) is 11.7 Å². The largest absolute Gasteiger partial charge is 0.289 e. The zero-order chi connectivity index (χ0) is 17.1. The van der Waals surface area contributed by atoms with Gasteiger partial charge >= 0.3 is 0 Å². The third kappa shape index (κ3) is 3.44. The molecule has 0 fully saturated rings. The second-order valence-electron chi connectivity index (χ2n) is 5.41. The Morgan fingerprint density at radius 3 is 2.92 bits per heavy atom. The number of thioether (sulfide) groups is 1. The number of anilines is 1. The Hall–Kier alpha value is -1.92. The van der Waals surface area contributed by atoms with Crippen LogP contribution in [-0.4, -0.2) is 29.0 Å². The summed E-state index contributed by atoms with van der Waals surface area (Å²) in [7, 11) is 0. The molecule has 1 amide bonds. The standard InChI is InChI=1S/C18H18N2O2S2/c1-3-20(12(2)21)18-19-14(11-24-18)10-13-8-9-23-16-7-5-4-6-15(16)17(13)22/h4-7,10-11H,3,8-9H2,1-2H3. The van der Waals surface area contributed by atoms with E-state index in [1.54, 1.807) is 16.7 Å². The molecule has 1 aromatic heterocycles. The molecule has 0 atom stereocenters. The van der Waals surface area contributed by atoms with Gasteiger partial charge in [0.05, 0.1) is 5.69 Å². The molecule has 3 rings (SSSR count). The number of nitrogens with zero attached hydrogens (tertiary/aromatic N) is 2. The zero-order valence-electron chi connectivity index (χ0n) is 13.6. The molecule has 2 aromatic rings. The van der Waals surface area contributed by atoms with Crippen molar-refractivity contribution >= 4 is 46.0 Å². The summed E-state index contributed by atoms with van der Waals surface area (Å²) in [6.07, 6.45) is 2.58. The highest BCUT2D eigenvalue weighted by atomic mass is 32.2. The molecule has 0 bridgehead atoms. The van der Waals surface area contributed by atoms with E-state index in [2.05, 4.69) is 4.98 Å². The number of fused-ring (bicyclic) bond motifs is 1. The molecule has 0 saturated carbocycles. The highest BCUT2D eigenvalue weighted by molar-refractivity contribution is 7.99. The van der Waals surface area contributed by atoms with E-state index < -0.39 is 0 Å². The molecular weight excluding hydrogens is 340 g/mol. The minimum Gasteiger partial charge on any atom is -0.289 e. The van der Waals surface area contributed by atoms with Gasteiger partial charge in [-0.25, -0.2) is 4.98 Å². The second-order valence-corrected chi connectivity index (χ2v) is 7.38. The zero-order valence-corrected chi connectivity index (χ0v) is 15.2. The minimum absolute atomic E-state index is 0.0260. The van der Waals surface area contributed by atoms with Gasteiger partial charge in [-0.15, -0.1) is 23.1 Å². The quantitative estimate of drug-likeness (QED) is 0.769. The maximum atomic E-state index is 12.8. The van der Waals surface area contributed by atoms with Crippen LogP contribution in [0.3, 0.4) is 0 Å². The fourth-order valence-corrected chi connectivity index (χ4v) is 4.54. The molecule has 1 aromatic carbocycles. The predicted molar refractivity (Wildman–Crippen MR) is 99.9 cm³/mol. The van der Waals surface area contributed by atoms with Crippen LogP contribution >= 0.6 is 23.1 Å². The van der Waals surface area contributed by atoms with Crippen molar-refractivity contribution in [1.82, 2.24) is 4.98 Å². The Bertz CT molecular complexity index is 811. The van der Waals surface area contributed by atoms with Gasteiger partial charge in [0.1, 0.15) is 0 Å². The lowest BCUT2D eigenvalue weighted by Crippen LogP contribution is -2.27. The molecule has 0 N–H and O–H groups in total. The number of hydrogen-bond acceptors (Lipinski definition) is 5. The van der Waals surface area contributed by atoms with Crippen LogP contribution in [0.15, 0.2) is 40.1 Å². The van der Waals surface area contributed by atoms with Gasteiger partial charge in [-0.1, -0.05) is 12.1 Å². The molecule has 1 aliphatic rings. The number of carbonyl (C=O) groups excluding carboxylic acids is 2. The van der Waals surface area contributed by atoms with Crippen molar-refractivity contribution in [3.8, 4) is 0 Å². The molecule has 0 radical (unpaired) electrons. The summed E-state index contributed by atoms with van der Waals surface area (Å²) in [6.45, 7) is 4.04. The van der Waals surface area contributed by atoms with E-state index in [9.17, 15) is 9.59 Å². The molecule has 24 heavy (non-hydrogen) atoms. The van der Waals surface area contributed by atoms with E-state index in [0.717, 1.165) is 33.9 Å². The normalized spacial score (nSPS) is 15.9. The monoisotopic (exact) mass is 358 g/mol. The number of carbonyl (C=O) groups is 2. The van der Waals surface area contributed by atoms with Gasteiger partial charge in [-0.2, -0.15) is 0 Å². The summed E-state index contributed by atoms with van der Waals surface area (Å²) in [6, 6.07) is 7.73. The van der Waals surface area contributed by atoms with Crippen molar-refractivity contribution in [1.29, 1.82) is 0 Å². The topological polar surface area (TPSA) is 50.3 Å². The van der Waals surface area contributed by atoms with Gasteiger partial charge in [0.25, 0.3) is 0 Å². The Kier molecular flexibility index (Phi) is 5.16. The number of allylic oxidation sites excluding steroid dienone is 1. The molecule has 124 valence electrons. The van der Waals surface area contributed by atoms with Crippen LogP contribution in [0.2, 0.25) is 0 Å². The molecule has 0 saturated heterocycles.